The van der Waals surface area contributed by atoms with Gasteiger partial charge in [-0.25, -0.2) is 4.98 Å². The van der Waals surface area contributed by atoms with Gasteiger partial charge in [0.25, 0.3) is 0 Å². The Hall–Kier alpha value is -1.09. The molecule has 1 N–H and O–H groups in total. The molecule has 1 saturated carbocycles. The Labute approximate surface area is 115 Å². The Balaban J connectivity index is 1.89. The van der Waals surface area contributed by atoms with Gasteiger partial charge < -0.3 is 10.0 Å². The molecule has 1 aromatic heterocycles. The van der Waals surface area contributed by atoms with Crippen molar-refractivity contribution in [1.82, 2.24) is 4.98 Å². The van der Waals surface area contributed by atoms with Crippen LogP contribution in [0.5, 0.6) is 0 Å². The first kappa shape index (κ1) is 12.9. The minimum atomic E-state index is 0.109. The molecule has 3 heteroatoms. The zero-order valence-corrected chi connectivity index (χ0v) is 11.8. The first-order valence-corrected chi connectivity index (χ1v) is 7.63. The first-order valence-electron chi connectivity index (χ1n) is 7.63. The third-order valence-electron chi connectivity index (χ3n) is 4.72. The fourth-order valence-corrected chi connectivity index (χ4v) is 3.87. The number of aromatic nitrogens is 1. The van der Waals surface area contributed by atoms with Crippen molar-refractivity contribution in [2.24, 2.45) is 5.92 Å². The van der Waals surface area contributed by atoms with Gasteiger partial charge in [0, 0.05) is 18.3 Å². The van der Waals surface area contributed by atoms with Gasteiger partial charge in [0.15, 0.2) is 0 Å². The van der Waals surface area contributed by atoms with Gasteiger partial charge in [-0.1, -0.05) is 12.8 Å². The normalized spacial score (nSPS) is 27.2. The molecule has 2 fully saturated rings. The van der Waals surface area contributed by atoms with Crippen molar-refractivity contribution in [2.75, 3.05) is 11.4 Å². The number of pyridine rings is 1. The van der Waals surface area contributed by atoms with E-state index in [0.717, 1.165) is 29.5 Å². The molecule has 2 aliphatic rings. The molecule has 0 aromatic carbocycles. The van der Waals surface area contributed by atoms with Gasteiger partial charge in [0.1, 0.15) is 5.82 Å². The van der Waals surface area contributed by atoms with Crippen molar-refractivity contribution in [2.45, 2.75) is 58.1 Å². The van der Waals surface area contributed by atoms with Crippen LogP contribution in [-0.4, -0.2) is 22.7 Å². The zero-order chi connectivity index (χ0) is 13.2. The second-order valence-corrected chi connectivity index (χ2v) is 6.08. The Kier molecular flexibility index (Phi) is 3.74. The number of hydrogen-bond acceptors (Lipinski definition) is 3. The number of aliphatic hydroxyl groups excluding tert-OH is 1. The van der Waals surface area contributed by atoms with E-state index in [0.29, 0.717) is 6.04 Å². The minimum absolute atomic E-state index is 0.109. The van der Waals surface area contributed by atoms with Crippen molar-refractivity contribution >= 4 is 5.82 Å². The number of anilines is 1. The molecule has 19 heavy (non-hydrogen) atoms. The molecule has 0 radical (unpaired) electrons. The highest BCUT2D eigenvalue weighted by atomic mass is 16.3. The number of piperidine rings is 1. The average molecular weight is 260 g/mol. The molecule has 0 bridgehead atoms. The van der Waals surface area contributed by atoms with Crippen LogP contribution in [0.25, 0.3) is 0 Å². The molecule has 2 heterocycles. The summed E-state index contributed by atoms with van der Waals surface area (Å²) in [5.41, 5.74) is 2.00. The SMILES string of the molecule is Cc1cc(CO)cc(N2CCCC3CCCCC32)n1. The summed E-state index contributed by atoms with van der Waals surface area (Å²) in [6.07, 6.45) is 8.13. The lowest BCUT2D eigenvalue weighted by atomic mass is 9.78. The summed E-state index contributed by atoms with van der Waals surface area (Å²) < 4.78 is 0. The molecule has 2 unspecified atom stereocenters. The van der Waals surface area contributed by atoms with Gasteiger partial charge in [0.2, 0.25) is 0 Å². The quantitative estimate of drug-likeness (QED) is 0.888. The van der Waals surface area contributed by atoms with Gasteiger partial charge in [-0.15, -0.1) is 0 Å². The van der Waals surface area contributed by atoms with Crippen LogP contribution in [0.2, 0.25) is 0 Å². The van der Waals surface area contributed by atoms with Crippen molar-refractivity contribution < 1.29 is 5.11 Å². The summed E-state index contributed by atoms with van der Waals surface area (Å²) >= 11 is 0. The number of fused-ring (bicyclic) bond motifs is 1. The molecule has 2 atom stereocenters. The van der Waals surface area contributed by atoms with Gasteiger partial charge in [-0.05, 0) is 56.2 Å². The van der Waals surface area contributed by atoms with Crippen molar-refractivity contribution in [3.8, 4) is 0 Å². The van der Waals surface area contributed by atoms with Gasteiger partial charge in [-0.3, -0.25) is 0 Å². The standard InChI is InChI=1S/C16H24N2O/c1-12-9-13(11-19)10-16(17-12)18-8-4-6-14-5-2-3-7-15(14)18/h9-10,14-15,19H,2-8,11H2,1H3. The lowest BCUT2D eigenvalue weighted by molar-refractivity contribution is 0.242. The summed E-state index contributed by atoms with van der Waals surface area (Å²) in [6.45, 7) is 3.26. The van der Waals surface area contributed by atoms with Crippen LogP contribution in [0.1, 0.15) is 49.8 Å². The third kappa shape index (κ3) is 2.62. The second-order valence-electron chi connectivity index (χ2n) is 6.08. The molecule has 104 valence electrons. The molecular formula is C16H24N2O. The molecule has 1 saturated heterocycles. The lowest BCUT2D eigenvalue weighted by Gasteiger charge is -2.45. The van der Waals surface area contributed by atoms with E-state index in [1.807, 2.05) is 13.0 Å². The van der Waals surface area contributed by atoms with Gasteiger partial charge in [0.05, 0.1) is 6.61 Å². The predicted molar refractivity (Wildman–Crippen MR) is 77.2 cm³/mol. The predicted octanol–water partition coefficient (Wildman–Crippen LogP) is 3.04. The van der Waals surface area contributed by atoms with E-state index in [1.165, 1.54) is 38.5 Å². The van der Waals surface area contributed by atoms with E-state index in [-0.39, 0.29) is 6.61 Å². The Morgan fingerprint density at radius 3 is 2.84 bits per heavy atom. The molecule has 0 spiro atoms. The van der Waals surface area contributed by atoms with Gasteiger partial charge in [-0.2, -0.15) is 0 Å². The fraction of sp³-hybridized carbons (Fsp3) is 0.688. The topological polar surface area (TPSA) is 36.4 Å². The summed E-state index contributed by atoms with van der Waals surface area (Å²) in [6, 6.07) is 4.74. The fourth-order valence-electron chi connectivity index (χ4n) is 3.87. The summed E-state index contributed by atoms with van der Waals surface area (Å²) in [5, 5.41) is 9.37. The van der Waals surface area contributed by atoms with Crippen LogP contribution in [0, 0.1) is 12.8 Å². The monoisotopic (exact) mass is 260 g/mol. The zero-order valence-electron chi connectivity index (χ0n) is 11.8. The smallest absolute Gasteiger partial charge is 0.129 e. The molecular weight excluding hydrogens is 236 g/mol. The number of nitrogens with zero attached hydrogens (tertiary/aromatic N) is 2. The summed E-state index contributed by atoms with van der Waals surface area (Å²) in [4.78, 5) is 7.22. The highest BCUT2D eigenvalue weighted by Crippen LogP contribution is 2.37. The Morgan fingerprint density at radius 1 is 1.21 bits per heavy atom. The maximum Gasteiger partial charge on any atom is 0.129 e. The average Bonchev–Trinajstić information content (AvgIpc) is 2.46. The number of hydrogen-bond donors (Lipinski definition) is 1. The number of aliphatic hydroxyl groups is 1. The van der Waals surface area contributed by atoms with Crippen LogP contribution in [0.4, 0.5) is 5.82 Å². The van der Waals surface area contributed by atoms with Crippen LogP contribution in [-0.2, 0) is 6.61 Å². The van der Waals surface area contributed by atoms with Crippen molar-refractivity contribution in [3.05, 3.63) is 23.4 Å². The van der Waals surface area contributed by atoms with E-state index in [9.17, 15) is 5.11 Å². The van der Waals surface area contributed by atoms with Gasteiger partial charge >= 0.3 is 0 Å². The number of rotatable bonds is 2. The van der Waals surface area contributed by atoms with Crippen molar-refractivity contribution in [3.63, 3.8) is 0 Å². The molecule has 1 aliphatic heterocycles. The van der Waals surface area contributed by atoms with E-state index in [4.69, 9.17) is 4.98 Å². The maximum absolute atomic E-state index is 9.37. The molecule has 1 aromatic rings. The third-order valence-corrected chi connectivity index (χ3v) is 4.72. The molecule has 3 nitrogen and oxygen atoms in total. The highest BCUT2D eigenvalue weighted by molar-refractivity contribution is 5.44. The van der Waals surface area contributed by atoms with E-state index in [2.05, 4.69) is 11.0 Å². The van der Waals surface area contributed by atoms with Crippen LogP contribution in [0.3, 0.4) is 0 Å². The maximum atomic E-state index is 9.37. The largest absolute Gasteiger partial charge is 0.392 e. The summed E-state index contributed by atoms with van der Waals surface area (Å²) in [7, 11) is 0. The van der Waals surface area contributed by atoms with Crippen LogP contribution >= 0.6 is 0 Å². The Morgan fingerprint density at radius 2 is 2.00 bits per heavy atom. The molecule has 1 aliphatic carbocycles. The van der Waals surface area contributed by atoms with E-state index in [1.54, 1.807) is 0 Å². The molecule has 3 rings (SSSR count). The van der Waals surface area contributed by atoms with E-state index >= 15 is 0 Å². The van der Waals surface area contributed by atoms with E-state index < -0.39 is 0 Å². The van der Waals surface area contributed by atoms with Crippen LogP contribution < -0.4 is 4.90 Å². The van der Waals surface area contributed by atoms with Crippen LogP contribution in [0.15, 0.2) is 12.1 Å². The second kappa shape index (κ2) is 5.49. The summed E-state index contributed by atoms with van der Waals surface area (Å²) in [5.74, 6) is 1.95. The first-order chi connectivity index (χ1) is 9.28. The minimum Gasteiger partial charge on any atom is -0.392 e. The highest BCUT2D eigenvalue weighted by Gasteiger charge is 2.33. The molecule has 0 amide bonds. The van der Waals surface area contributed by atoms with Crippen molar-refractivity contribution in [1.29, 1.82) is 0 Å². The number of aryl methyl sites for hydroxylation is 1. The lowest BCUT2D eigenvalue weighted by Crippen LogP contribution is -2.47. The Bertz CT molecular complexity index is 444.